The summed E-state index contributed by atoms with van der Waals surface area (Å²) in [6.45, 7) is -3.95. The normalized spacial score (nSPS) is 14.4. The maximum absolute atomic E-state index is 14.8. The molecule has 0 spiro atoms. The third-order valence-electron chi connectivity index (χ3n) is 4.45. The van der Waals surface area contributed by atoms with Crippen molar-refractivity contribution >= 4 is 39.9 Å². The molecule has 0 aliphatic rings. The van der Waals surface area contributed by atoms with Crippen LogP contribution < -0.4 is 15.5 Å². The Labute approximate surface area is 205 Å². The minimum Gasteiger partial charge on any atom is -0.433 e. The number of anilines is 2. The topological polar surface area (TPSA) is 70.6 Å². The second-order valence-corrected chi connectivity index (χ2v) is 7.83. The smallest absolute Gasteiger partial charge is 0.433 e. The number of carbonyl (C=O) groups is 1. The fourth-order valence-electron chi connectivity index (χ4n) is 2.78. The molecule has 2 rings (SSSR count). The van der Waals surface area contributed by atoms with Crippen LogP contribution in [0.3, 0.4) is 0 Å². The van der Waals surface area contributed by atoms with Crippen molar-refractivity contribution in [2.45, 2.75) is 30.6 Å². The summed E-state index contributed by atoms with van der Waals surface area (Å²) in [7, 11) is 0. The molecule has 0 aliphatic heterocycles. The van der Waals surface area contributed by atoms with Gasteiger partial charge in [-0.3, -0.25) is 15.5 Å². The largest absolute Gasteiger partial charge is 0.457 e. The molecule has 18 heteroatoms. The number of benzene rings is 2. The van der Waals surface area contributed by atoms with E-state index < -0.39 is 80.2 Å². The Kier molecular flexibility index (Phi) is 8.23. The predicted molar refractivity (Wildman–Crippen MR) is 105 cm³/mol. The highest BCUT2D eigenvalue weighted by atomic mass is 127. The highest BCUT2D eigenvalue weighted by Gasteiger charge is 2.81. The number of ether oxygens (including phenoxy) is 1. The van der Waals surface area contributed by atoms with Crippen molar-refractivity contribution in [1.82, 2.24) is 0 Å². The van der Waals surface area contributed by atoms with E-state index in [1.165, 1.54) is 5.48 Å². The molecule has 2 aromatic rings. The van der Waals surface area contributed by atoms with Crippen molar-refractivity contribution in [3.63, 3.8) is 0 Å². The molecule has 5 nitrogen and oxygen atoms in total. The van der Waals surface area contributed by atoms with Crippen LogP contribution in [-0.4, -0.2) is 36.0 Å². The van der Waals surface area contributed by atoms with Gasteiger partial charge in [0, 0.05) is 9.13 Å². The highest BCUT2D eigenvalue weighted by molar-refractivity contribution is 14.1. The third kappa shape index (κ3) is 5.23. The van der Waals surface area contributed by atoms with Gasteiger partial charge < -0.3 is 10.1 Å². The van der Waals surface area contributed by atoms with Crippen molar-refractivity contribution in [3.05, 3.63) is 50.8 Å². The molecule has 3 N–H and O–H groups in total. The Bertz CT molecular complexity index is 1140. The molecule has 0 heterocycles. The minimum absolute atomic E-state index is 0.219. The molecular formula is C18H9F12IN2O3. The summed E-state index contributed by atoms with van der Waals surface area (Å²) < 4.78 is 163. The monoisotopic (exact) mass is 656 g/mol. The van der Waals surface area contributed by atoms with Gasteiger partial charge in [-0.05, 0) is 46.9 Å². The summed E-state index contributed by atoms with van der Waals surface area (Å²) in [5.41, 5.74) is -10.2. The molecule has 2 aromatic carbocycles. The van der Waals surface area contributed by atoms with E-state index in [9.17, 15) is 57.5 Å². The van der Waals surface area contributed by atoms with Crippen molar-refractivity contribution in [3.8, 4) is 5.75 Å². The van der Waals surface area contributed by atoms with Gasteiger partial charge >= 0.3 is 30.6 Å². The van der Waals surface area contributed by atoms with Gasteiger partial charge in [-0.15, -0.1) is 0 Å². The summed E-state index contributed by atoms with van der Waals surface area (Å²) in [4.78, 5) is 12.4. The van der Waals surface area contributed by atoms with Crippen LogP contribution in [0.1, 0.15) is 15.9 Å². The van der Waals surface area contributed by atoms with Crippen molar-refractivity contribution in [2.24, 2.45) is 0 Å². The van der Waals surface area contributed by atoms with Gasteiger partial charge in [0.2, 0.25) is 0 Å². The Balaban J connectivity index is 2.74. The first-order valence-corrected chi connectivity index (χ1v) is 9.86. The summed E-state index contributed by atoms with van der Waals surface area (Å²) in [5.74, 6) is -11.7. The summed E-state index contributed by atoms with van der Waals surface area (Å²) in [5, 5.41) is 10.5. The molecule has 1 atom stereocenters. The van der Waals surface area contributed by atoms with E-state index in [1.807, 2.05) is 0 Å². The van der Waals surface area contributed by atoms with Crippen LogP contribution >= 0.6 is 22.6 Å². The molecule has 1 unspecified atom stereocenters. The van der Waals surface area contributed by atoms with E-state index in [0.717, 1.165) is 40.8 Å². The lowest BCUT2D eigenvalue weighted by Crippen LogP contribution is -2.59. The molecule has 0 saturated heterocycles. The van der Waals surface area contributed by atoms with E-state index in [0.29, 0.717) is 0 Å². The van der Waals surface area contributed by atoms with E-state index in [2.05, 4.69) is 4.74 Å². The number of halogens is 13. The zero-order valence-corrected chi connectivity index (χ0v) is 18.8. The highest BCUT2D eigenvalue weighted by Crippen LogP contribution is 2.59. The average molecular weight is 656 g/mol. The fraction of sp³-hybridized carbons (Fsp3) is 0.278. The Morgan fingerprint density at radius 2 is 1.56 bits per heavy atom. The fourth-order valence-corrected chi connectivity index (χ4v) is 3.52. The number of rotatable bonds is 7. The van der Waals surface area contributed by atoms with Gasteiger partial charge in [-0.25, -0.2) is 8.78 Å². The number of hydrogen-bond donors (Lipinski definition) is 3. The first-order valence-electron chi connectivity index (χ1n) is 8.78. The van der Waals surface area contributed by atoms with Crippen LogP contribution in [-0.2, 0) is 5.67 Å². The molecular weight excluding hydrogens is 647 g/mol. The number of carbonyl (C=O) groups excluding carboxylic acids is 1. The molecule has 0 saturated carbocycles. The molecule has 0 bridgehead atoms. The molecule has 0 fully saturated rings. The number of hydrogen-bond acceptors (Lipinski definition) is 4. The quantitative estimate of drug-likeness (QED) is 0.171. The first kappa shape index (κ1) is 29.6. The van der Waals surface area contributed by atoms with Crippen LogP contribution in [0.5, 0.6) is 5.75 Å². The zero-order chi connectivity index (χ0) is 27.9. The summed E-state index contributed by atoms with van der Waals surface area (Å²) in [6, 6.07) is 2.00. The number of alkyl halides is 11. The van der Waals surface area contributed by atoms with E-state index in [4.69, 9.17) is 5.21 Å². The van der Waals surface area contributed by atoms with E-state index in [1.54, 1.807) is 5.32 Å². The van der Waals surface area contributed by atoms with Crippen LogP contribution in [0.25, 0.3) is 0 Å². The van der Waals surface area contributed by atoms with E-state index >= 15 is 0 Å². The molecule has 0 radical (unpaired) electrons. The summed E-state index contributed by atoms with van der Waals surface area (Å²) >= 11 is 0.905. The maximum atomic E-state index is 14.8. The maximum Gasteiger partial charge on any atom is 0.457 e. The molecule has 1 amide bonds. The number of amides is 1. The SMILES string of the molecule is O=C(Nc1c(I)cc(C(F)(C(F)(F)F)C(F)(F)C(F)(F)F)cc1OC(F)F)c1cccc(NO)c1F. The van der Waals surface area contributed by atoms with Crippen LogP contribution in [0, 0.1) is 9.39 Å². The lowest BCUT2D eigenvalue weighted by Gasteiger charge is -2.36. The van der Waals surface area contributed by atoms with Crippen LogP contribution in [0.15, 0.2) is 30.3 Å². The van der Waals surface area contributed by atoms with Crippen LogP contribution in [0.2, 0.25) is 0 Å². The van der Waals surface area contributed by atoms with Crippen molar-refractivity contribution in [1.29, 1.82) is 0 Å². The third-order valence-corrected chi connectivity index (χ3v) is 5.30. The van der Waals surface area contributed by atoms with Gasteiger partial charge in [-0.1, -0.05) is 6.07 Å². The first-order chi connectivity index (χ1) is 16.3. The minimum atomic E-state index is -7.10. The molecule has 36 heavy (non-hydrogen) atoms. The lowest BCUT2D eigenvalue weighted by atomic mass is 9.87. The van der Waals surface area contributed by atoms with Crippen molar-refractivity contribution in [2.75, 3.05) is 10.8 Å². The number of nitrogens with one attached hydrogen (secondary N) is 2. The van der Waals surface area contributed by atoms with Crippen LogP contribution in [0.4, 0.5) is 64.1 Å². The Hall–Kier alpha value is -2.64. The summed E-state index contributed by atoms with van der Waals surface area (Å²) in [6.07, 6.45) is -14.0. The zero-order valence-electron chi connectivity index (χ0n) is 16.6. The lowest BCUT2D eigenvalue weighted by molar-refractivity contribution is -0.389. The average Bonchev–Trinajstić information content (AvgIpc) is 2.73. The van der Waals surface area contributed by atoms with Gasteiger partial charge in [0.05, 0.1) is 16.9 Å². The van der Waals surface area contributed by atoms with E-state index in [-0.39, 0.29) is 6.07 Å². The van der Waals surface area contributed by atoms with Gasteiger partial charge in [-0.2, -0.15) is 43.9 Å². The molecule has 0 aromatic heterocycles. The second kappa shape index (κ2) is 10.0. The predicted octanol–water partition coefficient (Wildman–Crippen LogP) is 7.01. The molecule has 0 aliphatic carbocycles. The van der Waals surface area contributed by atoms with Gasteiger partial charge in [0.1, 0.15) is 0 Å². The standard InChI is InChI=1S/C18H9F12IN2O3/c19-11-7(2-1-3-9(11)33-35)13(34)32-12-8(31)4-6(5-10(12)36-14(20)21)15(22,17(25,26)27)16(23,24)18(28,29)30/h1-5,14,33,35H,(H,32,34). The van der Waals surface area contributed by atoms with Gasteiger partial charge in [0.15, 0.2) is 11.6 Å². The Morgan fingerprint density at radius 1 is 0.972 bits per heavy atom. The van der Waals surface area contributed by atoms with Gasteiger partial charge in [0.25, 0.3) is 5.91 Å². The molecule has 200 valence electrons. The second-order valence-electron chi connectivity index (χ2n) is 6.67. The Morgan fingerprint density at radius 3 is 2.03 bits per heavy atom. The van der Waals surface area contributed by atoms with Crippen molar-refractivity contribution < 1.29 is 67.4 Å².